The number of carbonyl (C=O) groups excluding carboxylic acids is 4. The summed E-state index contributed by atoms with van der Waals surface area (Å²) in [4.78, 5) is 51.1. The van der Waals surface area contributed by atoms with Crippen LogP contribution in [0, 0.1) is 0 Å². The molecule has 1 atom stereocenters. The van der Waals surface area contributed by atoms with E-state index in [2.05, 4.69) is 10.6 Å². The van der Waals surface area contributed by atoms with Crippen molar-refractivity contribution >= 4 is 34.8 Å². The number of aliphatic hydroxyl groups is 1. The molecule has 4 aromatic carbocycles. The Balaban J connectivity index is 1.42. The molecule has 3 N–H and O–H groups in total. The third kappa shape index (κ3) is 6.22. The zero-order chi connectivity index (χ0) is 26.2. The summed E-state index contributed by atoms with van der Waals surface area (Å²) >= 11 is 0. The normalized spacial score (nSPS) is 11.3. The molecule has 0 saturated heterocycles. The maximum Gasteiger partial charge on any atom is 0.253 e. The minimum Gasteiger partial charge on any atom is -0.383 e. The van der Waals surface area contributed by atoms with E-state index in [-0.39, 0.29) is 34.1 Å². The molecule has 0 aliphatic rings. The average Bonchev–Trinajstić information content (AvgIpc) is 2.93. The largest absolute Gasteiger partial charge is 0.383 e. The molecule has 0 heterocycles. The number of amides is 2. The molecule has 184 valence electrons. The van der Waals surface area contributed by atoms with Gasteiger partial charge in [-0.05, 0) is 24.3 Å². The van der Waals surface area contributed by atoms with Crippen LogP contribution < -0.4 is 10.6 Å². The molecule has 0 bridgehead atoms. The molecule has 0 aliphatic carbocycles. The Kier molecular flexibility index (Phi) is 7.98. The first-order chi connectivity index (χ1) is 17.9. The lowest BCUT2D eigenvalue weighted by molar-refractivity contribution is -0.128. The SMILES string of the molecule is O=C(CC(O)C(=O)Nc1ccccc1C(=O)c1ccccc1)Nc1ccccc1C(=O)c1ccccc1. The fourth-order valence-electron chi connectivity index (χ4n) is 3.76. The van der Waals surface area contributed by atoms with Gasteiger partial charge in [-0.15, -0.1) is 0 Å². The number of nitrogens with one attached hydrogen (secondary N) is 2. The van der Waals surface area contributed by atoms with Gasteiger partial charge in [0.15, 0.2) is 11.6 Å². The van der Waals surface area contributed by atoms with Crippen molar-refractivity contribution in [2.75, 3.05) is 10.6 Å². The Morgan fingerprint density at radius 3 is 1.46 bits per heavy atom. The van der Waals surface area contributed by atoms with Crippen LogP contribution in [0.1, 0.15) is 38.3 Å². The summed E-state index contributed by atoms with van der Waals surface area (Å²) in [7, 11) is 0. The summed E-state index contributed by atoms with van der Waals surface area (Å²) in [5, 5.41) is 15.6. The topological polar surface area (TPSA) is 113 Å². The van der Waals surface area contributed by atoms with Crippen molar-refractivity contribution in [2.45, 2.75) is 12.5 Å². The summed E-state index contributed by atoms with van der Waals surface area (Å²) in [6, 6.07) is 30.2. The predicted molar refractivity (Wildman–Crippen MR) is 141 cm³/mol. The van der Waals surface area contributed by atoms with Gasteiger partial charge in [-0.2, -0.15) is 0 Å². The number of para-hydroxylation sites is 2. The first kappa shape index (κ1) is 25.2. The third-order valence-electron chi connectivity index (χ3n) is 5.63. The molecule has 7 heteroatoms. The van der Waals surface area contributed by atoms with E-state index in [1.807, 2.05) is 0 Å². The molecular weight excluding hydrogens is 468 g/mol. The van der Waals surface area contributed by atoms with Gasteiger partial charge in [-0.3, -0.25) is 19.2 Å². The van der Waals surface area contributed by atoms with Crippen LogP contribution in [0.3, 0.4) is 0 Å². The molecule has 0 radical (unpaired) electrons. The first-order valence-electron chi connectivity index (χ1n) is 11.6. The molecule has 2 amide bonds. The number of hydrogen-bond acceptors (Lipinski definition) is 5. The zero-order valence-electron chi connectivity index (χ0n) is 19.8. The van der Waals surface area contributed by atoms with Crippen LogP contribution in [0.15, 0.2) is 109 Å². The molecule has 4 aromatic rings. The van der Waals surface area contributed by atoms with E-state index < -0.39 is 24.3 Å². The molecule has 1 unspecified atom stereocenters. The van der Waals surface area contributed by atoms with Crippen molar-refractivity contribution in [3.05, 3.63) is 131 Å². The van der Waals surface area contributed by atoms with Crippen molar-refractivity contribution in [1.29, 1.82) is 0 Å². The molecular formula is C30H24N2O5. The molecule has 0 fully saturated rings. The zero-order valence-corrected chi connectivity index (χ0v) is 19.8. The van der Waals surface area contributed by atoms with E-state index in [1.54, 1.807) is 109 Å². The molecule has 4 rings (SSSR count). The maximum absolute atomic E-state index is 12.9. The van der Waals surface area contributed by atoms with E-state index in [0.29, 0.717) is 11.1 Å². The smallest absolute Gasteiger partial charge is 0.253 e. The summed E-state index contributed by atoms with van der Waals surface area (Å²) < 4.78 is 0. The molecule has 7 nitrogen and oxygen atoms in total. The lowest BCUT2D eigenvalue weighted by atomic mass is 10.0. The summed E-state index contributed by atoms with van der Waals surface area (Å²) in [6.07, 6.45) is -2.23. The predicted octanol–water partition coefficient (Wildman–Crippen LogP) is 4.48. The van der Waals surface area contributed by atoms with Crippen molar-refractivity contribution in [3.8, 4) is 0 Å². The number of carbonyl (C=O) groups is 4. The highest BCUT2D eigenvalue weighted by Crippen LogP contribution is 2.21. The number of benzene rings is 4. The average molecular weight is 493 g/mol. The third-order valence-corrected chi connectivity index (χ3v) is 5.63. The monoisotopic (exact) mass is 492 g/mol. The van der Waals surface area contributed by atoms with E-state index in [0.717, 1.165) is 0 Å². The second-order valence-electron chi connectivity index (χ2n) is 8.24. The lowest BCUT2D eigenvalue weighted by Gasteiger charge is -2.15. The van der Waals surface area contributed by atoms with Crippen LogP contribution in [0.4, 0.5) is 11.4 Å². The Labute approximate surface area is 213 Å². The summed E-state index contributed by atoms with van der Waals surface area (Å²) in [6.45, 7) is 0. The fraction of sp³-hybridized carbons (Fsp3) is 0.0667. The van der Waals surface area contributed by atoms with Crippen LogP contribution in [-0.2, 0) is 9.59 Å². The van der Waals surface area contributed by atoms with Crippen molar-refractivity contribution in [1.82, 2.24) is 0 Å². The van der Waals surface area contributed by atoms with Crippen LogP contribution in [0.25, 0.3) is 0 Å². The number of ketones is 2. The number of aliphatic hydroxyl groups excluding tert-OH is 1. The molecule has 0 aliphatic heterocycles. The Morgan fingerprint density at radius 1 is 0.568 bits per heavy atom. The minimum atomic E-state index is -1.68. The minimum absolute atomic E-state index is 0.222. The molecule has 0 aromatic heterocycles. The van der Waals surface area contributed by atoms with Gasteiger partial charge in [0, 0.05) is 22.3 Å². The summed E-state index contributed by atoms with van der Waals surface area (Å²) in [5.74, 6) is -2.04. The number of anilines is 2. The van der Waals surface area contributed by atoms with Gasteiger partial charge in [-0.25, -0.2) is 0 Å². The van der Waals surface area contributed by atoms with Crippen LogP contribution in [0.2, 0.25) is 0 Å². The van der Waals surface area contributed by atoms with Crippen molar-refractivity contribution in [2.24, 2.45) is 0 Å². The second-order valence-corrected chi connectivity index (χ2v) is 8.24. The van der Waals surface area contributed by atoms with Crippen molar-refractivity contribution in [3.63, 3.8) is 0 Å². The standard InChI is InChI=1S/C30H24N2O5/c33-26(30(37)32-25-18-10-8-16-23(25)29(36)21-13-5-2-6-14-21)19-27(34)31-24-17-9-7-15-22(24)28(35)20-11-3-1-4-12-20/h1-18,26,33H,19H2,(H,31,34)(H,32,37). The van der Waals surface area contributed by atoms with E-state index in [9.17, 15) is 24.3 Å². The fourth-order valence-corrected chi connectivity index (χ4v) is 3.76. The van der Waals surface area contributed by atoms with Gasteiger partial charge in [0.1, 0.15) is 6.10 Å². The van der Waals surface area contributed by atoms with Crippen LogP contribution in [0.5, 0.6) is 0 Å². The highest BCUT2D eigenvalue weighted by atomic mass is 16.3. The van der Waals surface area contributed by atoms with E-state index in [4.69, 9.17) is 0 Å². The molecule has 0 saturated carbocycles. The van der Waals surface area contributed by atoms with Crippen LogP contribution in [-0.4, -0.2) is 34.6 Å². The number of hydrogen-bond donors (Lipinski definition) is 3. The van der Waals surface area contributed by atoms with Gasteiger partial charge in [-0.1, -0.05) is 84.9 Å². The maximum atomic E-state index is 12.9. The van der Waals surface area contributed by atoms with Gasteiger partial charge in [0.2, 0.25) is 5.91 Å². The van der Waals surface area contributed by atoms with Crippen molar-refractivity contribution < 1.29 is 24.3 Å². The van der Waals surface area contributed by atoms with Gasteiger partial charge < -0.3 is 15.7 Å². The quantitative estimate of drug-likeness (QED) is 0.298. The second kappa shape index (κ2) is 11.7. The Hall–Kier alpha value is -4.88. The van der Waals surface area contributed by atoms with Gasteiger partial charge in [0.05, 0.1) is 17.8 Å². The van der Waals surface area contributed by atoms with Gasteiger partial charge >= 0.3 is 0 Å². The van der Waals surface area contributed by atoms with E-state index in [1.165, 1.54) is 0 Å². The number of rotatable bonds is 9. The highest BCUT2D eigenvalue weighted by Gasteiger charge is 2.23. The lowest BCUT2D eigenvalue weighted by Crippen LogP contribution is -2.32. The summed E-state index contributed by atoms with van der Waals surface area (Å²) in [5.41, 5.74) is 1.95. The Bertz CT molecular complexity index is 1430. The Morgan fingerprint density at radius 2 is 0.973 bits per heavy atom. The van der Waals surface area contributed by atoms with E-state index >= 15 is 0 Å². The first-order valence-corrected chi connectivity index (χ1v) is 11.6. The van der Waals surface area contributed by atoms with Crippen LogP contribution >= 0.6 is 0 Å². The molecule has 0 spiro atoms. The highest BCUT2D eigenvalue weighted by molar-refractivity contribution is 6.15. The molecule has 37 heavy (non-hydrogen) atoms. The van der Waals surface area contributed by atoms with Gasteiger partial charge in [0.25, 0.3) is 5.91 Å².